The minimum atomic E-state index is 0.115. The van der Waals surface area contributed by atoms with Crippen LogP contribution in [-0.4, -0.2) is 72.7 Å². The van der Waals surface area contributed by atoms with E-state index in [1.807, 2.05) is 13.8 Å². The molecule has 17 heavy (non-hydrogen) atoms. The van der Waals surface area contributed by atoms with E-state index in [0.717, 1.165) is 39.1 Å². The maximum Gasteiger partial charge on any atom is 0.234 e. The number of amides is 1. The second-order valence-electron chi connectivity index (χ2n) is 4.92. The van der Waals surface area contributed by atoms with Crippen LogP contribution in [0.1, 0.15) is 20.3 Å². The number of nitrogens with one attached hydrogen (secondary N) is 1. The van der Waals surface area contributed by atoms with Crippen LogP contribution < -0.4 is 5.32 Å². The fourth-order valence-corrected chi connectivity index (χ4v) is 2.04. The summed E-state index contributed by atoms with van der Waals surface area (Å²) < 4.78 is 0. The zero-order valence-corrected chi connectivity index (χ0v) is 11.0. The quantitative estimate of drug-likeness (QED) is 0.661. The Morgan fingerprint density at radius 1 is 1.24 bits per heavy atom. The van der Waals surface area contributed by atoms with Crippen LogP contribution in [0.3, 0.4) is 0 Å². The number of hydrogen-bond acceptors (Lipinski definition) is 4. The molecule has 0 atom stereocenters. The van der Waals surface area contributed by atoms with Crippen LogP contribution in [0.25, 0.3) is 0 Å². The lowest BCUT2D eigenvalue weighted by Gasteiger charge is -2.34. The Morgan fingerprint density at radius 3 is 2.35 bits per heavy atom. The number of carbonyl (C=O) groups is 1. The Hall–Kier alpha value is -0.650. The second-order valence-corrected chi connectivity index (χ2v) is 4.92. The minimum absolute atomic E-state index is 0.115. The van der Waals surface area contributed by atoms with Gasteiger partial charge in [0.1, 0.15) is 0 Å². The van der Waals surface area contributed by atoms with Crippen molar-refractivity contribution in [2.75, 3.05) is 45.9 Å². The lowest BCUT2D eigenvalue weighted by molar-refractivity contribution is -0.123. The molecule has 1 saturated heterocycles. The summed E-state index contributed by atoms with van der Waals surface area (Å²) in [5, 5.41) is 11.7. The predicted molar refractivity (Wildman–Crippen MR) is 67.9 cm³/mol. The van der Waals surface area contributed by atoms with Crippen molar-refractivity contribution in [2.24, 2.45) is 0 Å². The molecule has 0 saturated carbocycles. The van der Waals surface area contributed by atoms with Crippen molar-refractivity contribution in [2.45, 2.75) is 26.3 Å². The van der Waals surface area contributed by atoms with Crippen molar-refractivity contribution < 1.29 is 9.90 Å². The van der Waals surface area contributed by atoms with Gasteiger partial charge in [-0.25, -0.2) is 0 Å². The van der Waals surface area contributed by atoms with Gasteiger partial charge in [-0.3, -0.25) is 9.69 Å². The molecule has 5 heteroatoms. The van der Waals surface area contributed by atoms with Gasteiger partial charge in [0.25, 0.3) is 0 Å². The van der Waals surface area contributed by atoms with Gasteiger partial charge >= 0.3 is 0 Å². The fourth-order valence-electron chi connectivity index (χ4n) is 2.04. The zero-order chi connectivity index (χ0) is 12.7. The predicted octanol–water partition coefficient (Wildman–Crippen LogP) is -0.489. The summed E-state index contributed by atoms with van der Waals surface area (Å²) in [6, 6.07) is 0.216. The van der Waals surface area contributed by atoms with E-state index in [9.17, 15) is 4.79 Å². The molecular formula is C12H25N3O2. The fraction of sp³-hybridized carbons (Fsp3) is 0.917. The number of rotatable bonds is 6. The first-order valence-electron chi connectivity index (χ1n) is 6.46. The summed E-state index contributed by atoms with van der Waals surface area (Å²) in [4.78, 5) is 16.1. The maximum atomic E-state index is 11.6. The van der Waals surface area contributed by atoms with Gasteiger partial charge in [-0.15, -0.1) is 0 Å². The van der Waals surface area contributed by atoms with Crippen LogP contribution in [0.15, 0.2) is 0 Å². The first-order valence-corrected chi connectivity index (χ1v) is 6.46. The normalized spacial score (nSPS) is 18.6. The third kappa shape index (κ3) is 6.00. The molecule has 0 spiro atoms. The molecule has 1 fully saturated rings. The van der Waals surface area contributed by atoms with Crippen LogP contribution in [0, 0.1) is 0 Å². The molecule has 2 N–H and O–H groups in total. The SMILES string of the molecule is CC(C)NC(=O)CN1CCN(CCCO)CC1. The number of carbonyl (C=O) groups excluding carboxylic acids is 1. The van der Waals surface area contributed by atoms with Crippen molar-refractivity contribution in [1.82, 2.24) is 15.1 Å². The van der Waals surface area contributed by atoms with E-state index in [4.69, 9.17) is 5.11 Å². The Morgan fingerprint density at radius 2 is 1.82 bits per heavy atom. The van der Waals surface area contributed by atoms with E-state index in [2.05, 4.69) is 15.1 Å². The van der Waals surface area contributed by atoms with Crippen LogP contribution in [-0.2, 0) is 4.79 Å². The van der Waals surface area contributed by atoms with Gasteiger partial charge in [0.15, 0.2) is 0 Å². The molecule has 0 aromatic carbocycles. The lowest BCUT2D eigenvalue weighted by Crippen LogP contribution is -2.50. The number of piperazine rings is 1. The summed E-state index contributed by atoms with van der Waals surface area (Å²) in [7, 11) is 0. The third-order valence-corrected chi connectivity index (χ3v) is 2.91. The molecular weight excluding hydrogens is 218 g/mol. The maximum absolute atomic E-state index is 11.6. The van der Waals surface area contributed by atoms with Crippen LogP contribution >= 0.6 is 0 Å². The second kappa shape index (κ2) is 7.63. The Labute approximate surface area is 104 Å². The number of hydrogen-bond donors (Lipinski definition) is 2. The highest BCUT2D eigenvalue weighted by molar-refractivity contribution is 5.78. The van der Waals surface area contributed by atoms with Crippen molar-refractivity contribution in [3.8, 4) is 0 Å². The topological polar surface area (TPSA) is 55.8 Å². The summed E-state index contributed by atoms with van der Waals surface area (Å²) in [6.07, 6.45) is 0.841. The number of nitrogens with zero attached hydrogens (tertiary/aromatic N) is 2. The molecule has 5 nitrogen and oxygen atoms in total. The lowest BCUT2D eigenvalue weighted by atomic mass is 10.3. The first kappa shape index (κ1) is 14.4. The van der Waals surface area contributed by atoms with E-state index in [0.29, 0.717) is 6.54 Å². The van der Waals surface area contributed by atoms with Gasteiger partial charge in [0.05, 0.1) is 6.54 Å². The molecule has 1 aliphatic rings. The molecule has 1 rings (SSSR count). The van der Waals surface area contributed by atoms with E-state index in [-0.39, 0.29) is 18.6 Å². The highest BCUT2D eigenvalue weighted by Crippen LogP contribution is 2.02. The van der Waals surface area contributed by atoms with Gasteiger partial charge in [-0.1, -0.05) is 0 Å². The molecule has 0 aliphatic carbocycles. The summed E-state index contributed by atoms with van der Waals surface area (Å²) >= 11 is 0. The van der Waals surface area contributed by atoms with Crippen LogP contribution in [0.5, 0.6) is 0 Å². The van der Waals surface area contributed by atoms with Crippen molar-refractivity contribution >= 4 is 5.91 Å². The van der Waals surface area contributed by atoms with E-state index < -0.39 is 0 Å². The Balaban J connectivity index is 2.16. The monoisotopic (exact) mass is 243 g/mol. The summed E-state index contributed by atoms with van der Waals surface area (Å²) in [5.41, 5.74) is 0. The average Bonchev–Trinajstić information content (AvgIpc) is 2.27. The third-order valence-electron chi connectivity index (χ3n) is 2.91. The first-order chi connectivity index (χ1) is 8.11. The van der Waals surface area contributed by atoms with E-state index in [1.54, 1.807) is 0 Å². The van der Waals surface area contributed by atoms with Gasteiger partial charge < -0.3 is 15.3 Å². The van der Waals surface area contributed by atoms with Gasteiger partial charge in [0, 0.05) is 45.4 Å². The number of aliphatic hydroxyl groups excluding tert-OH is 1. The smallest absolute Gasteiger partial charge is 0.234 e. The standard InChI is InChI=1S/C12H25N3O2/c1-11(2)13-12(17)10-15-7-5-14(6-8-15)4-3-9-16/h11,16H,3-10H2,1-2H3,(H,13,17). The zero-order valence-electron chi connectivity index (χ0n) is 11.0. The van der Waals surface area contributed by atoms with Crippen molar-refractivity contribution in [3.05, 3.63) is 0 Å². The summed E-state index contributed by atoms with van der Waals surface area (Å²) in [5.74, 6) is 0.115. The van der Waals surface area contributed by atoms with Crippen LogP contribution in [0.2, 0.25) is 0 Å². The molecule has 1 amide bonds. The molecule has 0 unspecified atom stereocenters. The molecule has 0 radical (unpaired) electrons. The Bertz CT molecular complexity index is 226. The molecule has 0 aromatic rings. The Kier molecular flexibility index (Phi) is 6.47. The van der Waals surface area contributed by atoms with Crippen molar-refractivity contribution in [1.29, 1.82) is 0 Å². The van der Waals surface area contributed by atoms with Gasteiger partial charge in [0.2, 0.25) is 5.91 Å². The minimum Gasteiger partial charge on any atom is -0.396 e. The largest absolute Gasteiger partial charge is 0.396 e. The molecule has 1 aliphatic heterocycles. The molecule has 0 bridgehead atoms. The summed E-state index contributed by atoms with van der Waals surface area (Å²) in [6.45, 7) is 9.55. The van der Waals surface area contributed by atoms with Crippen molar-refractivity contribution in [3.63, 3.8) is 0 Å². The highest BCUT2D eigenvalue weighted by Gasteiger charge is 2.18. The van der Waals surface area contributed by atoms with Crippen LogP contribution in [0.4, 0.5) is 0 Å². The van der Waals surface area contributed by atoms with Gasteiger partial charge in [-0.2, -0.15) is 0 Å². The molecule has 0 aromatic heterocycles. The van der Waals surface area contributed by atoms with Gasteiger partial charge in [-0.05, 0) is 20.3 Å². The highest BCUT2D eigenvalue weighted by atomic mass is 16.3. The van der Waals surface area contributed by atoms with E-state index >= 15 is 0 Å². The number of aliphatic hydroxyl groups is 1. The average molecular weight is 243 g/mol. The van der Waals surface area contributed by atoms with E-state index in [1.165, 1.54) is 0 Å². The molecule has 100 valence electrons. The molecule has 1 heterocycles.